The van der Waals surface area contributed by atoms with Crippen molar-refractivity contribution in [3.05, 3.63) is 0 Å². The molecule has 4 nitrogen and oxygen atoms in total. The van der Waals surface area contributed by atoms with Gasteiger partial charge in [-0.15, -0.1) is 0 Å². The number of ether oxygens (including phenoxy) is 1. The van der Waals surface area contributed by atoms with Crippen LogP contribution in [0.1, 0.15) is 27.7 Å². The van der Waals surface area contributed by atoms with E-state index in [-0.39, 0.29) is 17.7 Å². The zero-order valence-corrected chi connectivity index (χ0v) is 9.46. The first-order chi connectivity index (χ1) is 6.41. The molecule has 0 atom stereocenters. The molecule has 14 heavy (non-hydrogen) atoms. The van der Waals surface area contributed by atoms with Gasteiger partial charge in [-0.2, -0.15) is 0 Å². The fourth-order valence-electron chi connectivity index (χ4n) is 1.53. The maximum atomic E-state index is 11.7. The summed E-state index contributed by atoms with van der Waals surface area (Å²) in [6.07, 6.45) is 0. The molecule has 0 aromatic carbocycles. The van der Waals surface area contributed by atoms with E-state index in [1.165, 1.54) is 0 Å². The summed E-state index contributed by atoms with van der Waals surface area (Å²) in [6.45, 7) is 9.89. The normalized spacial score (nSPS) is 21.1. The van der Waals surface area contributed by atoms with Gasteiger partial charge in [0.15, 0.2) is 0 Å². The molecule has 4 heteroatoms. The van der Waals surface area contributed by atoms with Gasteiger partial charge in [0, 0.05) is 12.6 Å². The maximum absolute atomic E-state index is 11.7. The second-order valence-electron chi connectivity index (χ2n) is 4.63. The Hall–Kier alpha value is -0.770. The van der Waals surface area contributed by atoms with Gasteiger partial charge in [-0.3, -0.25) is 0 Å². The molecule has 82 valence electrons. The molecule has 0 spiro atoms. The third kappa shape index (κ3) is 3.18. The molecule has 0 aromatic rings. The van der Waals surface area contributed by atoms with E-state index in [1.54, 1.807) is 0 Å². The minimum absolute atomic E-state index is 0.0105. The zero-order valence-electron chi connectivity index (χ0n) is 9.46. The van der Waals surface area contributed by atoms with Gasteiger partial charge < -0.3 is 15.0 Å². The SMILES string of the molecule is CC(C)NC(=O)N1CCOC(C)(C)C1. The van der Waals surface area contributed by atoms with Crippen molar-refractivity contribution in [3.8, 4) is 0 Å². The summed E-state index contributed by atoms with van der Waals surface area (Å²) in [5.41, 5.74) is -0.216. The lowest BCUT2D eigenvalue weighted by atomic mass is 10.1. The maximum Gasteiger partial charge on any atom is 0.317 e. The van der Waals surface area contributed by atoms with Gasteiger partial charge in [0.05, 0.1) is 18.8 Å². The van der Waals surface area contributed by atoms with E-state index in [1.807, 2.05) is 32.6 Å². The van der Waals surface area contributed by atoms with E-state index in [2.05, 4.69) is 5.32 Å². The number of urea groups is 1. The molecule has 0 bridgehead atoms. The van der Waals surface area contributed by atoms with Crippen LogP contribution in [0, 0.1) is 0 Å². The number of carbonyl (C=O) groups is 1. The van der Waals surface area contributed by atoms with Crippen LogP contribution in [0.2, 0.25) is 0 Å². The van der Waals surface area contributed by atoms with E-state index < -0.39 is 0 Å². The molecule has 1 aliphatic heterocycles. The van der Waals surface area contributed by atoms with Crippen LogP contribution in [0.15, 0.2) is 0 Å². The highest BCUT2D eigenvalue weighted by atomic mass is 16.5. The van der Waals surface area contributed by atoms with Gasteiger partial charge in [-0.1, -0.05) is 0 Å². The molecule has 1 heterocycles. The van der Waals surface area contributed by atoms with Crippen molar-refractivity contribution in [1.29, 1.82) is 0 Å². The first-order valence-electron chi connectivity index (χ1n) is 5.10. The molecule has 0 saturated carbocycles. The van der Waals surface area contributed by atoms with Gasteiger partial charge >= 0.3 is 6.03 Å². The highest BCUT2D eigenvalue weighted by Crippen LogP contribution is 2.16. The van der Waals surface area contributed by atoms with Crippen molar-refractivity contribution in [2.24, 2.45) is 0 Å². The Bertz CT molecular complexity index is 214. The number of hydrogen-bond acceptors (Lipinski definition) is 2. The molecule has 1 aliphatic rings. The Morgan fingerprint density at radius 1 is 1.50 bits per heavy atom. The van der Waals surface area contributed by atoms with E-state index in [9.17, 15) is 4.79 Å². The lowest BCUT2D eigenvalue weighted by molar-refractivity contribution is -0.0734. The minimum Gasteiger partial charge on any atom is -0.372 e. The van der Waals surface area contributed by atoms with Gasteiger partial charge in [0.1, 0.15) is 0 Å². The lowest BCUT2D eigenvalue weighted by Crippen LogP contribution is -2.54. The number of hydrogen-bond donors (Lipinski definition) is 1. The molecule has 2 amide bonds. The topological polar surface area (TPSA) is 41.6 Å². The van der Waals surface area contributed by atoms with Crippen molar-refractivity contribution >= 4 is 6.03 Å². The van der Waals surface area contributed by atoms with Crippen molar-refractivity contribution in [2.75, 3.05) is 19.7 Å². The predicted molar refractivity (Wildman–Crippen MR) is 55.3 cm³/mol. The Labute approximate surface area is 85.6 Å². The summed E-state index contributed by atoms with van der Waals surface area (Å²) >= 11 is 0. The average molecular weight is 200 g/mol. The third-order valence-electron chi connectivity index (χ3n) is 2.13. The Morgan fingerprint density at radius 3 is 2.64 bits per heavy atom. The molecule has 1 fully saturated rings. The molecular formula is C10H20N2O2. The fraction of sp³-hybridized carbons (Fsp3) is 0.900. The largest absolute Gasteiger partial charge is 0.372 e. The van der Waals surface area contributed by atoms with Crippen LogP contribution in [0.25, 0.3) is 0 Å². The number of rotatable bonds is 1. The number of amides is 2. The Kier molecular flexibility index (Phi) is 3.37. The lowest BCUT2D eigenvalue weighted by Gasteiger charge is -2.38. The average Bonchev–Trinajstić information content (AvgIpc) is 2.01. The summed E-state index contributed by atoms with van der Waals surface area (Å²) in [7, 11) is 0. The molecular weight excluding hydrogens is 180 g/mol. The van der Waals surface area contributed by atoms with E-state index in [0.29, 0.717) is 19.7 Å². The highest BCUT2D eigenvalue weighted by Gasteiger charge is 2.29. The monoisotopic (exact) mass is 200 g/mol. The molecule has 0 aliphatic carbocycles. The van der Waals surface area contributed by atoms with Crippen LogP contribution < -0.4 is 5.32 Å². The Morgan fingerprint density at radius 2 is 2.14 bits per heavy atom. The minimum atomic E-state index is -0.216. The molecule has 1 rings (SSSR count). The number of carbonyl (C=O) groups excluding carboxylic acids is 1. The fourth-order valence-corrected chi connectivity index (χ4v) is 1.53. The van der Waals surface area contributed by atoms with Gasteiger partial charge in [-0.25, -0.2) is 4.79 Å². The van der Waals surface area contributed by atoms with E-state index >= 15 is 0 Å². The predicted octanol–water partition coefficient (Wildman–Crippen LogP) is 1.22. The summed E-state index contributed by atoms with van der Waals surface area (Å²) in [6, 6.07) is 0.199. The molecule has 1 saturated heterocycles. The highest BCUT2D eigenvalue weighted by molar-refractivity contribution is 5.74. The van der Waals surface area contributed by atoms with Crippen LogP contribution in [-0.4, -0.2) is 42.3 Å². The van der Waals surface area contributed by atoms with Crippen LogP contribution in [0.5, 0.6) is 0 Å². The number of nitrogens with one attached hydrogen (secondary N) is 1. The molecule has 0 aromatic heterocycles. The zero-order chi connectivity index (χ0) is 10.8. The second kappa shape index (κ2) is 4.17. The van der Waals surface area contributed by atoms with E-state index in [4.69, 9.17) is 4.74 Å². The van der Waals surface area contributed by atoms with Crippen LogP contribution in [-0.2, 0) is 4.74 Å². The van der Waals surface area contributed by atoms with Crippen molar-refractivity contribution in [2.45, 2.75) is 39.3 Å². The summed E-state index contributed by atoms with van der Waals surface area (Å²) in [4.78, 5) is 13.5. The van der Waals surface area contributed by atoms with Crippen molar-refractivity contribution in [3.63, 3.8) is 0 Å². The summed E-state index contributed by atoms with van der Waals surface area (Å²) in [5.74, 6) is 0. The second-order valence-corrected chi connectivity index (χ2v) is 4.63. The van der Waals surface area contributed by atoms with Crippen LogP contribution in [0.3, 0.4) is 0 Å². The first-order valence-corrected chi connectivity index (χ1v) is 5.10. The van der Waals surface area contributed by atoms with Gasteiger partial charge in [0.2, 0.25) is 0 Å². The smallest absolute Gasteiger partial charge is 0.317 e. The van der Waals surface area contributed by atoms with Crippen molar-refractivity contribution < 1.29 is 9.53 Å². The number of nitrogens with zero attached hydrogens (tertiary/aromatic N) is 1. The standard InChI is InChI=1S/C10H20N2O2/c1-8(2)11-9(13)12-5-6-14-10(3,4)7-12/h8H,5-7H2,1-4H3,(H,11,13). The molecule has 0 unspecified atom stereocenters. The third-order valence-corrected chi connectivity index (χ3v) is 2.13. The van der Waals surface area contributed by atoms with Crippen LogP contribution in [0.4, 0.5) is 4.79 Å². The van der Waals surface area contributed by atoms with Crippen molar-refractivity contribution in [1.82, 2.24) is 10.2 Å². The molecule has 1 N–H and O–H groups in total. The van der Waals surface area contributed by atoms with Gasteiger partial charge in [-0.05, 0) is 27.7 Å². The van der Waals surface area contributed by atoms with Gasteiger partial charge in [0.25, 0.3) is 0 Å². The molecule has 0 radical (unpaired) electrons. The quantitative estimate of drug-likeness (QED) is 0.691. The summed E-state index contributed by atoms with van der Waals surface area (Å²) in [5, 5.41) is 2.88. The first kappa shape index (κ1) is 11.3. The number of morpholine rings is 1. The van der Waals surface area contributed by atoms with E-state index in [0.717, 1.165) is 0 Å². The Balaban J connectivity index is 2.48. The van der Waals surface area contributed by atoms with Crippen LogP contribution >= 0.6 is 0 Å². The summed E-state index contributed by atoms with van der Waals surface area (Å²) < 4.78 is 5.53.